The molecule has 3 aromatic carbocycles. The van der Waals surface area contributed by atoms with Crippen LogP contribution in [0.25, 0.3) is 6.08 Å². The molecule has 1 aliphatic heterocycles. The lowest BCUT2D eigenvalue weighted by atomic mass is 9.96. The number of hydrogen-bond donors (Lipinski definition) is 0. The summed E-state index contributed by atoms with van der Waals surface area (Å²) in [6.45, 7) is 4.00. The predicted molar refractivity (Wildman–Crippen MR) is 168 cm³/mol. The number of nitrogens with zero attached hydrogens (tertiary/aromatic N) is 2. The molecule has 0 bridgehead atoms. The fourth-order valence-electron chi connectivity index (χ4n) is 4.60. The molecule has 11 heteroatoms. The summed E-state index contributed by atoms with van der Waals surface area (Å²) in [5.41, 5.74) is 2.90. The van der Waals surface area contributed by atoms with Crippen LogP contribution in [0.2, 0.25) is 10.0 Å². The highest BCUT2D eigenvalue weighted by atomic mass is 79.9. The summed E-state index contributed by atoms with van der Waals surface area (Å²) in [4.78, 5) is 32.0. The van der Waals surface area contributed by atoms with Crippen LogP contribution in [0.3, 0.4) is 0 Å². The van der Waals surface area contributed by atoms with Crippen LogP contribution in [-0.4, -0.2) is 24.3 Å². The van der Waals surface area contributed by atoms with E-state index in [1.54, 1.807) is 69.5 Å². The van der Waals surface area contributed by atoms with Gasteiger partial charge in [-0.25, -0.2) is 9.79 Å². The van der Waals surface area contributed by atoms with E-state index in [0.29, 0.717) is 58.8 Å². The van der Waals surface area contributed by atoms with Crippen LogP contribution in [0.1, 0.15) is 36.6 Å². The van der Waals surface area contributed by atoms with E-state index in [0.717, 1.165) is 11.1 Å². The van der Waals surface area contributed by atoms with Crippen molar-refractivity contribution >= 4 is 62.5 Å². The quantitative estimate of drug-likeness (QED) is 0.199. The van der Waals surface area contributed by atoms with Gasteiger partial charge in [-0.2, -0.15) is 0 Å². The first-order valence-electron chi connectivity index (χ1n) is 12.9. The highest BCUT2D eigenvalue weighted by Crippen LogP contribution is 2.37. The fourth-order valence-corrected chi connectivity index (χ4v) is 6.48. The Morgan fingerprint density at radius 2 is 1.76 bits per heavy atom. The van der Waals surface area contributed by atoms with Crippen LogP contribution in [0, 0.1) is 0 Å². The average molecular weight is 688 g/mol. The van der Waals surface area contributed by atoms with Crippen LogP contribution < -0.4 is 24.4 Å². The smallest absolute Gasteiger partial charge is 0.338 e. The normalized spacial score (nSPS) is 14.8. The number of allylic oxidation sites excluding steroid dienone is 1. The number of benzene rings is 3. The molecule has 1 aromatic heterocycles. The van der Waals surface area contributed by atoms with E-state index in [1.165, 1.54) is 15.9 Å². The Bertz CT molecular complexity index is 1870. The first-order chi connectivity index (χ1) is 20.2. The van der Waals surface area contributed by atoms with Crippen molar-refractivity contribution < 1.29 is 19.0 Å². The first kappa shape index (κ1) is 30.1. The Morgan fingerprint density at radius 3 is 2.40 bits per heavy atom. The lowest BCUT2D eigenvalue weighted by Gasteiger charge is -2.24. The van der Waals surface area contributed by atoms with Gasteiger partial charge < -0.3 is 14.2 Å². The highest BCUT2D eigenvalue weighted by molar-refractivity contribution is 9.10. The minimum atomic E-state index is -0.718. The zero-order chi connectivity index (χ0) is 30.0. The number of thiazole rings is 1. The predicted octanol–water partition coefficient (Wildman–Crippen LogP) is 6.46. The fraction of sp³-hybridized carbons (Fsp3) is 0.194. The summed E-state index contributed by atoms with van der Waals surface area (Å²) in [6, 6.07) is 17.4. The van der Waals surface area contributed by atoms with Crippen LogP contribution in [0.5, 0.6) is 11.5 Å². The van der Waals surface area contributed by atoms with Gasteiger partial charge in [0, 0.05) is 10.0 Å². The molecule has 1 aliphatic rings. The minimum Gasteiger partial charge on any atom is -0.493 e. The highest BCUT2D eigenvalue weighted by Gasteiger charge is 2.33. The Balaban J connectivity index is 1.56. The van der Waals surface area contributed by atoms with E-state index < -0.39 is 12.0 Å². The number of aromatic nitrogens is 1. The van der Waals surface area contributed by atoms with E-state index in [2.05, 4.69) is 20.9 Å². The molecule has 0 radical (unpaired) electrons. The van der Waals surface area contributed by atoms with Gasteiger partial charge in [0.05, 0.1) is 40.0 Å². The molecule has 216 valence electrons. The van der Waals surface area contributed by atoms with Crippen LogP contribution in [0.4, 0.5) is 0 Å². The van der Waals surface area contributed by atoms with Crippen molar-refractivity contribution in [3.63, 3.8) is 0 Å². The molecule has 1 unspecified atom stereocenters. The van der Waals surface area contributed by atoms with E-state index in [9.17, 15) is 9.59 Å². The zero-order valence-corrected chi connectivity index (χ0v) is 26.7. The second-order valence-corrected chi connectivity index (χ2v) is 12.0. The van der Waals surface area contributed by atoms with E-state index in [1.807, 2.05) is 18.2 Å². The number of halogens is 3. The van der Waals surface area contributed by atoms with Crippen LogP contribution in [-0.2, 0) is 16.1 Å². The van der Waals surface area contributed by atoms with Gasteiger partial charge >= 0.3 is 5.97 Å². The number of fused-ring (bicyclic) bond motifs is 1. The summed E-state index contributed by atoms with van der Waals surface area (Å²) in [5.74, 6) is 0.510. The van der Waals surface area contributed by atoms with Crippen molar-refractivity contribution in [2.45, 2.75) is 26.5 Å². The number of ether oxygens (including phenoxy) is 3. The molecule has 2 heterocycles. The first-order valence-corrected chi connectivity index (χ1v) is 15.3. The number of rotatable bonds is 8. The Kier molecular flexibility index (Phi) is 9.22. The molecule has 42 heavy (non-hydrogen) atoms. The van der Waals surface area contributed by atoms with Gasteiger partial charge in [0.25, 0.3) is 5.56 Å². The molecule has 0 saturated heterocycles. The van der Waals surface area contributed by atoms with Gasteiger partial charge in [-0.1, -0.05) is 58.8 Å². The number of carbonyl (C=O) groups is 1. The molecule has 5 rings (SSSR count). The number of carbonyl (C=O) groups excluding carboxylic acids is 1. The molecule has 0 amide bonds. The van der Waals surface area contributed by atoms with Crippen molar-refractivity contribution in [2.75, 3.05) is 13.7 Å². The molecule has 4 aromatic rings. The number of methoxy groups -OCH3 is 1. The summed E-state index contributed by atoms with van der Waals surface area (Å²) in [5, 5.41) is 1.20. The lowest BCUT2D eigenvalue weighted by Crippen LogP contribution is -2.39. The maximum absolute atomic E-state index is 13.9. The number of esters is 1. The van der Waals surface area contributed by atoms with E-state index in [-0.39, 0.29) is 12.2 Å². The zero-order valence-electron chi connectivity index (χ0n) is 22.8. The Morgan fingerprint density at radius 1 is 1.10 bits per heavy atom. The molecular formula is C31H25BrCl2N2O5S. The van der Waals surface area contributed by atoms with Gasteiger partial charge in [-0.05, 0) is 88.9 Å². The maximum atomic E-state index is 13.9. The second kappa shape index (κ2) is 12.9. The van der Waals surface area contributed by atoms with Gasteiger partial charge in [0.15, 0.2) is 16.3 Å². The topological polar surface area (TPSA) is 79.1 Å². The van der Waals surface area contributed by atoms with Gasteiger partial charge in [-0.15, -0.1) is 0 Å². The van der Waals surface area contributed by atoms with Crippen molar-refractivity contribution in [1.82, 2.24) is 4.57 Å². The third-order valence-electron chi connectivity index (χ3n) is 6.55. The summed E-state index contributed by atoms with van der Waals surface area (Å²) in [7, 11) is 1.56. The molecule has 0 aliphatic carbocycles. The SMILES string of the molecule is CCOC(=O)C1=C(C)N=c2sc(=Cc3cc(Br)c(OCc4ccc(Cl)cc4)c(OC)c3)c(=O)n2C1c1ccc(Cl)cc1. The van der Waals surface area contributed by atoms with Crippen LogP contribution in [0.15, 0.2) is 86.2 Å². The largest absolute Gasteiger partial charge is 0.493 e. The Labute approximate surface area is 264 Å². The molecule has 0 fully saturated rings. The molecule has 7 nitrogen and oxygen atoms in total. The molecule has 1 atom stereocenters. The van der Waals surface area contributed by atoms with Crippen molar-refractivity contribution in [1.29, 1.82) is 0 Å². The maximum Gasteiger partial charge on any atom is 0.338 e. The van der Waals surface area contributed by atoms with Gasteiger partial charge in [0.1, 0.15) is 6.61 Å². The minimum absolute atomic E-state index is 0.198. The average Bonchev–Trinajstić information content (AvgIpc) is 3.26. The van der Waals surface area contributed by atoms with Gasteiger partial charge in [-0.3, -0.25) is 9.36 Å². The number of hydrogen-bond acceptors (Lipinski definition) is 7. The second-order valence-electron chi connectivity index (χ2n) is 9.30. The molecular weight excluding hydrogens is 663 g/mol. The van der Waals surface area contributed by atoms with Gasteiger partial charge in [0.2, 0.25) is 0 Å². The monoisotopic (exact) mass is 686 g/mol. The van der Waals surface area contributed by atoms with Crippen LogP contribution >= 0.6 is 50.5 Å². The summed E-state index contributed by atoms with van der Waals surface area (Å²) in [6.07, 6.45) is 1.77. The summed E-state index contributed by atoms with van der Waals surface area (Å²) < 4.78 is 19.7. The van der Waals surface area contributed by atoms with Crippen molar-refractivity contribution in [2.24, 2.45) is 4.99 Å². The van der Waals surface area contributed by atoms with Crippen molar-refractivity contribution in [3.8, 4) is 11.5 Å². The van der Waals surface area contributed by atoms with Crippen molar-refractivity contribution in [3.05, 3.63) is 123 Å². The lowest BCUT2D eigenvalue weighted by molar-refractivity contribution is -0.139. The molecule has 0 saturated carbocycles. The molecule has 0 N–H and O–H groups in total. The van der Waals surface area contributed by atoms with E-state index in [4.69, 9.17) is 37.4 Å². The standard InChI is InChI=1S/C31H25BrCl2N2O5S/c1-4-40-30(38)26-17(2)35-31-36(27(26)20-7-11-22(34)12-8-20)29(37)25(42-31)15-19-13-23(32)28(24(14-19)39-3)41-16-18-5-9-21(33)10-6-18/h5-15,27H,4,16H2,1-3H3. The van der Waals surface area contributed by atoms with E-state index >= 15 is 0 Å². The summed E-state index contributed by atoms with van der Waals surface area (Å²) >= 11 is 17.0. The third kappa shape index (κ3) is 6.20. The molecule has 0 spiro atoms. The third-order valence-corrected chi connectivity index (χ3v) is 8.62. The Hall–Kier alpha value is -3.37.